The van der Waals surface area contributed by atoms with Crippen molar-refractivity contribution in [3.8, 4) is 0 Å². The van der Waals surface area contributed by atoms with Gasteiger partial charge in [-0.15, -0.1) is 0 Å². The minimum absolute atomic E-state index is 0.00287. The van der Waals surface area contributed by atoms with Crippen LogP contribution in [0, 0.1) is 16.7 Å². The standard InChI is InChI=1S/C50H64N2O17/c1-26(53)20-21-34(56)51-24-35(57)66-39(37(29-16-12-10-13-17-29)52-45(62)69-46(4,5)6)44(61)65-31-23-50(63)42(67-43(60)30-18-14-11-15-19-30)40-48(9,41(59)38(58)36(27(31)2)47(50,7)8)32(55)22-33-49(40,25-64-33)68-28(3)54/h10-19,26,31-33,37-40,42,53,55,58,63H,20-25H2,1-9H3,(H,51,56)(H,52,62)/t26?,31-,32-,33+,37-,38+,39+,40-,42-,48+,49-,50+/m0/s1/i4D3. The lowest BCUT2D eigenvalue weighted by atomic mass is 9.44. The summed E-state index contributed by atoms with van der Waals surface area (Å²) in [5, 5.41) is 52.5. The molecular formula is C50H64N2O17. The Balaban J connectivity index is 1.50. The van der Waals surface area contributed by atoms with E-state index in [-0.39, 0.29) is 48.1 Å². The third-order valence-electron chi connectivity index (χ3n) is 14.0. The summed E-state index contributed by atoms with van der Waals surface area (Å²) in [4.78, 5) is 97.6. The maximum Gasteiger partial charge on any atom is 0.408 e. The van der Waals surface area contributed by atoms with Crippen molar-refractivity contribution in [1.29, 1.82) is 0 Å². The van der Waals surface area contributed by atoms with Gasteiger partial charge in [0.2, 0.25) is 12.0 Å². The Kier molecular flexibility index (Phi) is 14.0. The molecule has 69 heavy (non-hydrogen) atoms. The number of amides is 2. The molecule has 1 unspecified atom stereocenters. The van der Waals surface area contributed by atoms with Crippen molar-refractivity contribution in [3.63, 3.8) is 0 Å². The summed E-state index contributed by atoms with van der Waals surface area (Å²) in [6, 6.07) is 13.4. The number of carbonyl (C=O) groups is 7. The van der Waals surface area contributed by atoms with Gasteiger partial charge in [-0.2, -0.15) is 0 Å². The van der Waals surface area contributed by atoms with Gasteiger partial charge in [0.05, 0.1) is 35.7 Å². The largest absolute Gasteiger partial charge is 0.455 e. The molecule has 1 heterocycles. The molecule has 2 amide bonds. The molecule has 2 bridgehead atoms. The van der Waals surface area contributed by atoms with Crippen LogP contribution in [0.25, 0.3) is 0 Å². The Morgan fingerprint density at radius 2 is 1.62 bits per heavy atom. The molecule has 19 heteroatoms. The zero-order chi connectivity index (χ0) is 53.5. The van der Waals surface area contributed by atoms with Crippen LogP contribution in [0.3, 0.4) is 0 Å². The van der Waals surface area contributed by atoms with Crippen LogP contribution in [0.15, 0.2) is 71.8 Å². The van der Waals surface area contributed by atoms with Crippen LogP contribution in [0.2, 0.25) is 0 Å². The molecule has 0 aromatic heterocycles. The van der Waals surface area contributed by atoms with E-state index in [1.807, 2.05) is 0 Å². The van der Waals surface area contributed by atoms with Gasteiger partial charge in [0.25, 0.3) is 0 Å². The number of aliphatic hydroxyl groups is 4. The van der Waals surface area contributed by atoms with Gasteiger partial charge in [-0.05, 0) is 76.7 Å². The third kappa shape index (κ3) is 10.3. The second-order valence-corrected chi connectivity index (χ2v) is 19.6. The van der Waals surface area contributed by atoms with Crippen molar-refractivity contribution in [3.05, 3.63) is 82.9 Å². The number of rotatable bonds is 14. The smallest absolute Gasteiger partial charge is 0.408 e. The summed E-state index contributed by atoms with van der Waals surface area (Å²) < 4.78 is 59.2. The maximum absolute atomic E-state index is 15.2. The number of hydrogen-bond acceptors (Lipinski definition) is 17. The first-order valence-electron chi connectivity index (χ1n) is 24.2. The van der Waals surface area contributed by atoms with Gasteiger partial charge in [0.1, 0.15) is 48.2 Å². The molecule has 1 saturated heterocycles. The first kappa shape index (κ1) is 48.3. The minimum atomic E-state index is -2.84. The van der Waals surface area contributed by atoms with Crippen molar-refractivity contribution in [1.82, 2.24) is 10.6 Å². The summed E-state index contributed by atoms with van der Waals surface area (Å²) in [6.45, 7) is 6.47. The highest BCUT2D eigenvalue weighted by molar-refractivity contribution is 5.94. The normalized spacial score (nSPS) is 31.3. The fourth-order valence-electron chi connectivity index (χ4n) is 10.4. The molecule has 19 nitrogen and oxygen atoms in total. The average Bonchev–Trinajstić information content (AvgIpc) is 3.29. The lowest BCUT2D eigenvalue weighted by Crippen LogP contribution is -2.81. The van der Waals surface area contributed by atoms with Gasteiger partial charge >= 0.3 is 30.0 Å². The molecule has 3 fully saturated rings. The van der Waals surface area contributed by atoms with E-state index in [1.165, 1.54) is 71.0 Å². The van der Waals surface area contributed by atoms with Crippen LogP contribution >= 0.6 is 0 Å². The minimum Gasteiger partial charge on any atom is -0.455 e. The van der Waals surface area contributed by atoms with Gasteiger partial charge in [-0.1, -0.05) is 62.4 Å². The van der Waals surface area contributed by atoms with Crippen LogP contribution in [0.4, 0.5) is 4.79 Å². The van der Waals surface area contributed by atoms with E-state index in [1.54, 1.807) is 24.3 Å². The summed E-state index contributed by atoms with van der Waals surface area (Å²) >= 11 is 0. The van der Waals surface area contributed by atoms with Gasteiger partial charge in [-0.25, -0.2) is 14.4 Å². The van der Waals surface area contributed by atoms with Crippen molar-refractivity contribution in [2.45, 2.75) is 153 Å². The fourth-order valence-corrected chi connectivity index (χ4v) is 10.4. The van der Waals surface area contributed by atoms with Gasteiger partial charge in [0, 0.05) is 35.7 Å². The topological polar surface area (TPSA) is 280 Å². The van der Waals surface area contributed by atoms with Crippen molar-refractivity contribution in [2.24, 2.45) is 16.7 Å². The molecule has 376 valence electrons. The van der Waals surface area contributed by atoms with E-state index < -0.39 is 144 Å². The number of Topliss-reactive ketones (excluding diaryl/α,β-unsaturated/α-hetero) is 1. The fraction of sp³-hybridized carbons (Fsp3) is 0.580. The summed E-state index contributed by atoms with van der Waals surface area (Å²) in [5.74, 6) is -7.82. The monoisotopic (exact) mass is 967 g/mol. The molecule has 6 N–H and O–H groups in total. The number of aliphatic hydroxyl groups excluding tert-OH is 3. The zero-order valence-corrected chi connectivity index (χ0v) is 39.8. The van der Waals surface area contributed by atoms with E-state index in [0.29, 0.717) is 0 Å². The number of fused-ring (bicyclic) bond motifs is 5. The van der Waals surface area contributed by atoms with Crippen LogP contribution in [-0.4, -0.2) is 135 Å². The molecule has 1 aliphatic heterocycles. The first-order chi connectivity index (χ1) is 33.4. The Hall–Kier alpha value is -5.73. The van der Waals surface area contributed by atoms with Gasteiger partial charge in [-0.3, -0.25) is 19.2 Å². The zero-order valence-electron chi connectivity index (χ0n) is 42.8. The number of benzene rings is 2. The predicted molar refractivity (Wildman–Crippen MR) is 241 cm³/mol. The van der Waals surface area contributed by atoms with Crippen LogP contribution in [-0.2, 0) is 52.4 Å². The summed E-state index contributed by atoms with van der Waals surface area (Å²) in [6.07, 6.45) is -14.0. The van der Waals surface area contributed by atoms with Gasteiger partial charge < -0.3 is 59.5 Å². The molecule has 2 saturated carbocycles. The quantitative estimate of drug-likeness (QED) is 0.0901. The number of esters is 4. The number of ether oxygens (including phenoxy) is 6. The molecule has 2 aromatic carbocycles. The first-order valence-corrected chi connectivity index (χ1v) is 22.7. The highest BCUT2D eigenvalue weighted by atomic mass is 16.6. The highest BCUT2D eigenvalue weighted by Crippen LogP contribution is 2.64. The lowest BCUT2D eigenvalue weighted by molar-refractivity contribution is -0.346. The molecule has 4 aliphatic rings. The molecule has 6 rings (SSSR count). The summed E-state index contributed by atoms with van der Waals surface area (Å²) in [7, 11) is 0. The number of ketones is 1. The number of alkyl carbamates (subject to hydrolysis) is 1. The van der Waals surface area contributed by atoms with Gasteiger partial charge in [0.15, 0.2) is 11.4 Å². The SMILES string of the molecule is [2H]C([2H])([2H])C(C)(C)OC(=O)N[C@@H](c1ccccc1)[C@@H](OC(=O)CNC(=O)CCC(C)O)C(=O)O[C@H]1C[C@@]2(O)[C@@H](OC(=O)c3ccccc3)[C@@H]3[C@]4(OC(C)=O)CO[C@@H]4C[C@H](O)[C@@]3(C)C(=O)[C@H](O)C(=C1C)C2(C)C. The Morgan fingerprint density at radius 3 is 2.20 bits per heavy atom. The van der Waals surface area contributed by atoms with E-state index in [9.17, 15) is 44.4 Å². The second kappa shape index (κ2) is 19.9. The number of carbonyl (C=O) groups excluding carboxylic acids is 7. The molecular weight excluding hydrogens is 901 g/mol. The van der Waals surface area contributed by atoms with Crippen LogP contribution < -0.4 is 10.6 Å². The van der Waals surface area contributed by atoms with E-state index in [0.717, 1.165) is 20.8 Å². The Morgan fingerprint density at radius 1 is 0.986 bits per heavy atom. The number of hydrogen-bond donors (Lipinski definition) is 6. The Labute approximate surface area is 404 Å². The number of nitrogens with one attached hydrogen (secondary N) is 2. The molecule has 12 atom stereocenters. The lowest BCUT2D eigenvalue weighted by Gasteiger charge is -2.67. The predicted octanol–water partition coefficient (Wildman–Crippen LogP) is 3.09. The maximum atomic E-state index is 15.2. The van der Waals surface area contributed by atoms with E-state index >= 15 is 9.59 Å². The van der Waals surface area contributed by atoms with Crippen molar-refractivity contribution < 1.29 is 86.5 Å². The van der Waals surface area contributed by atoms with E-state index in [4.69, 9.17) is 32.5 Å². The molecule has 3 aliphatic carbocycles. The Bertz CT molecular complexity index is 2450. The van der Waals surface area contributed by atoms with E-state index in [2.05, 4.69) is 10.6 Å². The molecule has 0 radical (unpaired) electrons. The molecule has 2 aromatic rings. The highest BCUT2D eigenvalue weighted by Gasteiger charge is 2.78. The van der Waals surface area contributed by atoms with Crippen molar-refractivity contribution in [2.75, 3.05) is 13.2 Å². The third-order valence-corrected chi connectivity index (χ3v) is 14.0. The van der Waals surface area contributed by atoms with Crippen LogP contribution in [0.1, 0.15) is 114 Å². The average molecular weight is 968 g/mol. The summed E-state index contributed by atoms with van der Waals surface area (Å²) in [5.41, 5.74) is -10.5. The molecule has 0 spiro atoms. The second-order valence-electron chi connectivity index (χ2n) is 19.6. The van der Waals surface area contributed by atoms with Crippen molar-refractivity contribution >= 4 is 41.7 Å². The van der Waals surface area contributed by atoms with Crippen LogP contribution in [0.5, 0.6) is 0 Å².